The standard InChI is InChI=1S/C23H37N5O3/c1-23(2,3)31-22(30)25-18-19-8-5-7-12-26(19)13-10-21(29)28-16-14-27(15-17-28)20-9-4-6-11-24-20/h4,6,9,11,19H,5,7-8,10,12-18H2,1-3H3,(H,25,30). The Balaban J connectivity index is 1.41. The van der Waals surface area contributed by atoms with Crippen molar-refractivity contribution in [2.75, 3.05) is 50.7 Å². The first-order valence-corrected chi connectivity index (χ1v) is 11.5. The average molecular weight is 432 g/mol. The van der Waals surface area contributed by atoms with Gasteiger partial charge in [-0.2, -0.15) is 0 Å². The minimum Gasteiger partial charge on any atom is -0.444 e. The van der Waals surface area contributed by atoms with Crippen LogP contribution in [0, 0.1) is 0 Å². The van der Waals surface area contributed by atoms with Gasteiger partial charge < -0.3 is 19.9 Å². The summed E-state index contributed by atoms with van der Waals surface area (Å²) in [4.78, 5) is 35.7. The third-order valence-corrected chi connectivity index (χ3v) is 5.85. The molecule has 0 bridgehead atoms. The number of carbonyl (C=O) groups excluding carboxylic acids is 2. The second-order valence-corrected chi connectivity index (χ2v) is 9.37. The molecule has 1 unspecified atom stereocenters. The molecule has 172 valence electrons. The maximum absolute atomic E-state index is 12.8. The van der Waals surface area contributed by atoms with Gasteiger partial charge in [0.15, 0.2) is 0 Å². The molecular formula is C23H37N5O3. The first-order chi connectivity index (χ1) is 14.8. The Hall–Kier alpha value is -2.35. The Kier molecular flexibility index (Phi) is 8.12. The number of rotatable bonds is 6. The summed E-state index contributed by atoms with van der Waals surface area (Å²) >= 11 is 0. The van der Waals surface area contributed by atoms with Crippen molar-refractivity contribution in [3.63, 3.8) is 0 Å². The zero-order chi connectivity index (χ0) is 22.3. The van der Waals surface area contributed by atoms with E-state index in [0.717, 1.165) is 64.3 Å². The number of alkyl carbamates (subject to hydrolysis) is 1. The largest absolute Gasteiger partial charge is 0.444 e. The Labute approximate surface area is 185 Å². The van der Waals surface area contributed by atoms with E-state index in [4.69, 9.17) is 4.74 Å². The van der Waals surface area contributed by atoms with E-state index in [2.05, 4.69) is 20.1 Å². The van der Waals surface area contributed by atoms with Crippen LogP contribution in [-0.4, -0.2) is 84.2 Å². The van der Waals surface area contributed by atoms with Crippen LogP contribution in [0.15, 0.2) is 24.4 Å². The molecule has 1 atom stereocenters. The summed E-state index contributed by atoms with van der Waals surface area (Å²) in [6, 6.07) is 6.18. The molecule has 3 heterocycles. The van der Waals surface area contributed by atoms with E-state index < -0.39 is 5.60 Å². The van der Waals surface area contributed by atoms with Crippen molar-refractivity contribution in [2.24, 2.45) is 0 Å². The summed E-state index contributed by atoms with van der Waals surface area (Å²) in [5.41, 5.74) is -0.497. The lowest BCUT2D eigenvalue weighted by atomic mass is 10.0. The number of nitrogens with one attached hydrogen (secondary N) is 1. The van der Waals surface area contributed by atoms with Crippen LogP contribution in [0.2, 0.25) is 0 Å². The van der Waals surface area contributed by atoms with Crippen molar-refractivity contribution in [1.82, 2.24) is 20.1 Å². The number of likely N-dealkylation sites (tertiary alicyclic amines) is 1. The van der Waals surface area contributed by atoms with Crippen molar-refractivity contribution in [3.8, 4) is 0 Å². The lowest BCUT2D eigenvalue weighted by Crippen LogP contribution is -2.51. The monoisotopic (exact) mass is 431 g/mol. The minimum absolute atomic E-state index is 0.213. The van der Waals surface area contributed by atoms with Crippen LogP contribution in [0.5, 0.6) is 0 Å². The Morgan fingerprint density at radius 1 is 1.13 bits per heavy atom. The number of hydrogen-bond acceptors (Lipinski definition) is 6. The van der Waals surface area contributed by atoms with Crippen LogP contribution in [0.25, 0.3) is 0 Å². The van der Waals surface area contributed by atoms with Crippen molar-refractivity contribution < 1.29 is 14.3 Å². The molecule has 2 aliphatic rings. The van der Waals surface area contributed by atoms with E-state index in [1.807, 2.05) is 43.9 Å². The van der Waals surface area contributed by atoms with Crippen molar-refractivity contribution in [1.29, 1.82) is 0 Å². The maximum Gasteiger partial charge on any atom is 0.407 e. The van der Waals surface area contributed by atoms with Crippen LogP contribution >= 0.6 is 0 Å². The van der Waals surface area contributed by atoms with Crippen LogP contribution in [0.4, 0.5) is 10.6 Å². The second kappa shape index (κ2) is 10.8. The first-order valence-electron chi connectivity index (χ1n) is 11.5. The number of aromatic nitrogens is 1. The molecule has 0 saturated carbocycles. The minimum atomic E-state index is -0.497. The molecule has 2 amide bonds. The Morgan fingerprint density at radius 3 is 2.58 bits per heavy atom. The van der Waals surface area contributed by atoms with Gasteiger partial charge in [-0.3, -0.25) is 9.69 Å². The van der Waals surface area contributed by atoms with E-state index >= 15 is 0 Å². The summed E-state index contributed by atoms with van der Waals surface area (Å²) in [7, 11) is 0. The van der Waals surface area contributed by atoms with Crippen molar-refractivity contribution in [3.05, 3.63) is 24.4 Å². The van der Waals surface area contributed by atoms with Crippen LogP contribution < -0.4 is 10.2 Å². The highest BCUT2D eigenvalue weighted by Crippen LogP contribution is 2.18. The van der Waals surface area contributed by atoms with E-state index in [1.54, 1.807) is 6.20 Å². The first kappa shape index (κ1) is 23.3. The molecule has 31 heavy (non-hydrogen) atoms. The second-order valence-electron chi connectivity index (χ2n) is 9.37. The number of piperazine rings is 1. The van der Waals surface area contributed by atoms with Gasteiger partial charge in [0.2, 0.25) is 5.91 Å². The fourth-order valence-corrected chi connectivity index (χ4v) is 4.22. The molecule has 1 aromatic rings. The fraction of sp³-hybridized carbons (Fsp3) is 0.696. The lowest BCUT2D eigenvalue weighted by Gasteiger charge is -2.38. The number of hydrogen-bond donors (Lipinski definition) is 1. The number of piperidine rings is 1. The number of pyridine rings is 1. The molecule has 1 N–H and O–H groups in total. The van der Waals surface area contributed by atoms with Gasteiger partial charge in [-0.15, -0.1) is 0 Å². The van der Waals surface area contributed by atoms with Gasteiger partial charge in [0.05, 0.1) is 0 Å². The molecule has 0 aliphatic carbocycles. The molecule has 0 aromatic carbocycles. The third kappa shape index (κ3) is 7.38. The molecular weight excluding hydrogens is 394 g/mol. The Bertz CT molecular complexity index is 714. The van der Waals surface area contributed by atoms with Gasteiger partial charge in [0, 0.05) is 57.9 Å². The molecule has 3 rings (SSSR count). The molecule has 2 saturated heterocycles. The average Bonchev–Trinajstić information content (AvgIpc) is 2.76. The molecule has 8 heteroatoms. The smallest absolute Gasteiger partial charge is 0.407 e. The predicted molar refractivity (Wildman–Crippen MR) is 121 cm³/mol. The van der Waals surface area contributed by atoms with Gasteiger partial charge in [0.25, 0.3) is 0 Å². The van der Waals surface area contributed by atoms with Crippen LogP contribution in [0.3, 0.4) is 0 Å². The number of amides is 2. The summed E-state index contributed by atoms with van der Waals surface area (Å²) in [6.07, 6.45) is 5.28. The number of nitrogens with zero attached hydrogens (tertiary/aromatic N) is 4. The van der Waals surface area contributed by atoms with E-state index in [9.17, 15) is 9.59 Å². The summed E-state index contributed by atoms with van der Waals surface area (Å²) in [6.45, 7) is 11.0. The molecule has 2 aliphatic heterocycles. The molecule has 2 fully saturated rings. The fourth-order valence-electron chi connectivity index (χ4n) is 4.22. The van der Waals surface area contributed by atoms with Gasteiger partial charge in [0.1, 0.15) is 11.4 Å². The highest BCUT2D eigenvalue weighted by atomic mass is 16.6. The van der Waals surface area contributed by atoms with Gasteiger partial charge in [-0.05, 0) is 52.3 Å². The number of carbonyl (C=O) groups is 2. The number of anilines is 1. The normalized spacial score (nSPS) is 20.4. The SMILES string of the molecule is CC(C)(C)OC(=O)NCC1CCCCN1CCC(=O)N1CCN(c2ccccn2)CC1. The van der Waals surface area contributed by atoms with E-state index in [-0.39, 0.29) is 18.0 Å². The molecule has 0 spiro atoms. The third-order valence-electron chi connectivity index (χ3n) is 5.85. The zero-order valence-corrected chi connectivity index (χ0v) is 19.2. The molecule has 0 radical (unpaired) electrons. The van der Waals surface area contributed by atoms with Gasteiger partial charge in [-0.25, -0.2) is 9.78 Å². The maximum atomic E-state index is 12.8. The summed E-state index contributed by atoms with van der Waals surface area (Å²) in [5.74, 6) is 1.19. The van der Waals surface area contributed by atoms with Crippen molar-refractivity contribution >= 4 is 17.8 Å². The van der Waals surface area contributed by atoms with E-state index in [0.29, 0.717) is 13.0 Å². The van der Waals surface area contributed by atoms with E-state index in [1.165, 1.54) is 0 Å². The van der Waals surface area contributed by atoms with Crippen LogP contribution in [0.1, 0.15) is 46.5 Å². The zero-order valence-electron chi connectivity index (χ0n) is 19.2. The van der Waals surface area contributed by atoms with Gasteiger partial charge >= 0.3 is 6.09 Å². The van der Waals surface area contributed by atoms with Gasteiger partial charge in [-0.1, -0.05) is 12.5 Å². The summed E-state index contributed by atoms with van der Waals surface area (Å²) < 4.78 is 5.34. The molecule has 8 nitrogen and oxygen atoms in total. The Morgan fingerprint density at radius 2 is 1.90 bits per heavy atom. The topological polar surface area (TPSA) is 78.0 Å². The predicted octanol–water partition coefficient (Wildman–Crippen LogP) is 2.50. The van der Waals surface area contributed by atoms with Crippen molar-refractivity contribution in [2.45, 2.75) is 58.1 Å². The molecule has 1 aromatic heterocycles. The van der Waals surface area contributed by atoms with Crippen LogP contribution in [-0.2, 0) is 9.53 Å². The highest BCUT2D eigenvalue weighted by Gasteiger charge is 2.26. The quantitative estimate of drug-likeness (QED) is 0.746. The highest BCUT2D eigenvalue weighted by molar-refractivity contribution is 5.76. The number of ether oxygens (including phenoxy) is 1. The lowest BCUT2D eigenvalue weighted by molar-refractivity contribution is -0.132. The summed E-state index contributed by atoms with van der Waals surface area (Å²) in [5, 5.41) is 2.90.